The van der Waals surface area contributed by atoms with Crippen LogP contribution in [0, 0.1) is 0 Å². The van der Waals surface area contributed by atoms with Gasteiger partial charge in [0, 0.05) is 12.1 Å². The molecule has 0 spiro atoms. The van der Waals surface area contributed by atoms with Gasteiger partial charge < -0.3 is 5.32 Å². The maximum absolute atomic E-state index is 3.52. The Labute approximate surface area is 111 Å². The summed E-state index contributed by atoms with van der Waals surface area (Å²) in [5.74, 6) is 0. The maximum Gasteiger partial charge on any atom is 0.0475 e. The van der Waals surface area contributed by atoms with Crippen LogP contribution in [0.1, 0.15) is 44.2 Å². The molecule has 2 atom stereocenters. The second-order valence-electron chi connectivity index (χ2n) is 5.25. The van der Waals surface area contributed by atoms with Crippen molar-refractivity contribution in [3.63, 3.8) is 0 Å². The number of hydrogen-bond acceptors (Lipinski definition) is 2. The van der Waals surface area contributed by atoms with Crippen LogP contribution >= 0.6 is 0 Å². The Kier molecular flexibility index (Phi) is 5.21. The second-order valence-corrected chi connectivity index (χ2v) is 5.25. The molecule has 1 aliphatic rings. The van der Waals surface area contributed by atoms with E-state index >= 15 is 0 Å². The van der Waals surface area contributed by atoms with Crippen LogP contribution in [0.5, 0.6) is 0 Å². The minimum Gasteiger partial charge on any atom is -0.312 e. The highest BCUT2D eigenvalue weighted by molar-refractivity contribution is 5.20. The normalized spacial score (nSPS) is 20.6. The summed E-state index contributed by atoms with van der Waals surface area (Å²) in [7, 11) is 2.09. The highest BCUT2D eigenvalue weighted by Crippen LogP contribution is 2.25. The van der Waals surface area contributed by atoms with Gasteiger partial charge in [0.25, 0.3) is 0 Å². The maximum atomic E-state index is 3.52. The number of nitrogens with one attached hydrogen (secondary N) is 1. The number of hydrogen-bond donors (Lipinski definition) is 1. The first-order chi connectivity index (χ1) is 8.86. The molecule has 1 heterocycles. The molecule has 100 valence electrons. The highest BCUT2D eigenvalue weighted by Gasteiger charge is 2.26. The number of piperidine rings is 1. The van der Waals surface area contributed by atoms with Crippen molar-refractivity contribution < 1.29 is 0 Å². The van der Waals surface area contributed by atoms with Crippen molar-refractivity contribution >= 4 is 0 Å². The summed E-state index contributed by atoms with van der Waals surface area (Å²) in [5.41, 5.74) is 1.41. The van der Waals surface area contributed by atoms with Crippen molar-refractivity contribution in [2.75, 3.05) is 20.1 Å². The molecule has 1 N–H and O–H groups in total. The minimum absolute atomic E-state index is 0.453. The third kappa shape index (κ3) is 3.12. The fraction of sp³-hybridized carbons (Fsp3) is 0.625. The molecule has 0 aliphatic carbocycles. The van der Waals surface area contributed by atoms with Gasteiger partial charge in [0.1, 0.15) is 0 Å². The zero-order chi connectivity index (χ0) is 12.8. The Hall–Kier alpha value is -0.860. The number of likely N-dealkylation sites (N-methyl/N-ethyl adjacent to an activating group) is 1. The molecule has 0 bridgehead atoms. The first kappa shape index (κ1) is 13.6. The van der Waals surface area contributed by atoms with Crippen LogP contribution in [-0.2, 0) is 0 Å². The molecule has 2 heteroatoms. The Morgan fingerprint density at radius 3 is 2.33 bits per heavy atom. The molecule has 0 radical (unpaired) electrons. The van der Waals surface area contributed by atoms with E-state index in [9.17, 15) is 0 Å². The van der Waals surface area contributed by atoms with E-state index < -0.39 is 0 Å². The van der Waals surface area contributed by atoms with E-state index in [-0.39, 0.29) is 0 Å². The van der Waals surface area contributed by atoms with E-state index in [1.54, 1.807) is 0 Å². The van der Waals surface area contributed by atoms with E-state index in [0.29, 0.717) is 12.1 Å². The van der Waals surface area contributed by atoms with Crippen molar-refractivity contribution in [1.29, 1.82) is 0 Å². The molecule has 2 unspecified atom stereocenters. The zero-order valence-corrected chi connectivity index (χ0v) is 11.7. The Morgan fingerprint density at radius 2 is 1.78 bits per heavy atom. The van der Waals surface area contributed by atoms with Gasteiger partial charge >= 0.3 is 0 Å². The number of likely N-dealkylation sites (tertiary alicyclic amines) is 1. The van der Waals surface area contributed by atoms with Gasteiger partial charge in [-0.2, -0.15) is 0 Å². The molecule has 1 fully saturated rings. The van der Waals surface area contributed by atoms with Crippen LogP contribution in [0.3, 0.4) is 0 Å². The zero-order valence-electron chi connectivity index (χ0n) is 11.7. The lowest BCUT2D eigenvalue weighted by molar-refractivity contribution is 0.128. The van der Waals surface area contributed by atoms with Crippen LogP contribution < -0.4 is 5.32 Å². The number of benzene rings is 1. The summed E-state index contributed by atoms with van der Waals surface area (Å²) in [6.07, 6.45) is 5.34. The number of rotatable bonds is 5. The first-order valence-corrected chi connectivity index (χ1v) is 7.33. The van der Waals surface area contributed by atoms with Gasteiger partial charge in [-0.05, 0) is 45.0 Å². The van der Waals surface area contributed by atoms with Crippen molar-refractivity contribution in [2.24, 2.45) is 0 Å². The van der Waals surface area contributed by atoms with Crippen molar-refractivity contribution in [2.45, 2.75) is 44.7 Å². The van der Waals surface area contributed by atoms with Crippen LogP contribution in [0.2, 0.25) is 0 Å². The summed E-state index contributed by atoms with van der Waals surface area (Å²) in [6.45, 7) is 4.85. The Bertz CT molecular complexity index is 330. The van der Waals surface area contributed by atoms with Crippen LogP contribution in [-0.4, -0.2) is 31.1 Å². The average molecular weight is 246 g/mol. The second kappa shape index (κ2) is 6.91. The molecule has 1 aromatic carbocycles. The summed E-state index contributed by atoms with van der Waals surface area (Å²) in [6, 6.07) is 11.9. The lowest BCUT2D eigenvalue weighted by Crippen LogP contribution is -2.45. The van der Waals surface area contributed by atoms with Crippen molar-refractivity contribution in [3.8, 4) is 0 Å². The van der Waals surface area contributed by atoms with E-state index in [1.807, 2.05) is 0 Å². The Morgan fingerprint density at radius 1 is 1.11 bits per heavy atom. The lowest BCUT2D eigenvalue weighted by Gasteiger charge is -2.39. The first-order valence-electron chi connectivity index (χ1n) is 7.33. The lowest BCUT2D eigenvalue weighted by atomic mass is 9.94. The van der Waals surface area contributed by atoms with Gasteiger partial charge in [-0.3, -0.25) is 4.90 Å². The van der Waals surface area contributed by atoms with E-state index in [1.165, 1.54) is 44.3 Å². The topological polar surface area (TPSA) is 15.3 Å². The molecule has 18 heavy (non-hydrogen) atoms. The number of nitrogens with zero attached hydrogens (tertiary/aromatic N) is 1. The van der Waals surface area contributed by atoms with Gasteiger partial charge in [0.05, 0.1) is 0 Å². The minimum atomic E-state index is 0.453. The quantitative estimate of drug-likeness (QED) is 0.858. The third-order valence-electron chi connectivity index (χ3n) is 4.13. The molecule has 1 saturated heterocycles. The molecule has 2 nitrogen and oxygen atoms in total. The molecular weight excluding hydrogens is 220 g/mol. The van der Waals surface area contributed by atoms with Crippen molar-refractivity contribution in [3.05, 3.63) is 35.9 Å². The van der Waals surface area contributed by atoms with E-state index in [0.717, 1.165) is 0 Å². The monoisotopic (exact) mass is 246 g/mol. The van der Waals surface area contributed by atoms with Crippen LogP contribution in [0.15, 0.2) is 30.3 Å². The predicted octanol–water partition coefficient (Wildman–Crippen LogP) is 3.21. The van der Waals surface area contributed by atoms with Crippen LogP contribution in [0.4, 0.5) is 0 Å². The summed E-state index contributed by atoms with van der Waals surface area (Å²) >= 11 is 0. The van der Waals surface area contributed by atoms with E-state index in [4.69, 9.17) is 0 Å². The average Bonchev–Trinajstić information content (AvgIpc) is 2.46. The highest BCUT2D eigenvalue weighted by atomic mass is 15.2. The molecule has 0 aromatic heterocycles. The SMILES string of the molecule is CCC(C(NC)c1ccccc1)N1CCCCC1. The third-order valence-corrected chi connectivity index (χ3v) is 4.13. The largest absolute Gasteiger partial charge is 0.312 e. The van der Waals surface area contributed by atoms with Gasteiger partial charge in [0.2, 0.25) is 0 Å². The van der Waals surface area contributed by atoms with E-state index in [2.05, 4.69) is 54.5 Å². The van der Waals surface area contributed by atoms with Crippen LogP contribution in [0.25, 0.3) is 0 Å². The molecular formula is C16H26N2. The standard InChI is InChI=1S/C16H26N2/c1-3-15(18-12-8-5-9-13-18)16(17-2)14-10-6-4-7-11-14/h4,6-7,10-11,15-17H,3,5,8-9,12-13H2,1-2H3. The van der Waals surface area contributed by atoms with Gasteiger partial charge in [-0.15, -0.1) is 0 Å². The molecule has 1 aromatic rings. The fourth-order valence-electron chi connectivity index (χ4n) is 3.20. The molecule has 0 saturated carbocycles. The Balaban J connectivity index is 2.13. The van der Waals surface area contributed by atoms with Gasteiger partial charge in [0.15, 0.2) is 0 Å². The fourth-order valence-corrected chi connectivity index (χ4v) is 3.20. The summed E-state index contributed by atoms with van der Waals surface area (Å²) < 4.78 is 0. The summed E-state index contributed by atoms with van der Waals surface area (Å²) in [4.78, 5) is 2.68. The van der Waals surface area contributed by atoms with Gasteiger partial charge in [-0.25, -0.2) is 0 Å². The summed E-state index contributed by atoms with van der Waals surface area (Å²) in [5, 5.41) is 3.52. The van der Waals surface area contributed by atoms with Crippen molar-refractivity contribution in [1.82, 2.24) is 10.2 Å². The smallest absolute Gasteiger partial charge is 0.0475 e. The molecule has 1 aliphatic heterocycles. The van der Waals surface area contributed by atoms with Gasteiger partial charge in [-0.1, -0.05) is 43.7 Å². The molecule has 2 rings (SSSR count). The molecule has 0 amide bonds. The predicted molar refractivity (Wildman–Crippen MR) is 77.7 cm³/mol.